The Hall–Kier alpha value is -4.25. The minimum Gasteiger partial charge on any atom is -0.465 e. The quantitative estimate of drug-likeness (QED) is 0.321. The molecule has 32 heavy (non-hydrogen) atoms. The van der Waals surface area contributed by atoms with Gasteiger partial charge in [-0.3, -0.25) is 0 Å². The first-order valence-corrected chi connectivity index (χ1v) is 10.2. The standard InChI is InChI=1S/C27H19FN2O2/c1-32-27(31)21-9-7-19(8-10-21)24-15-22(18-11-13-23(28)14-12-18)16-30-17-25(29-26(24)30)20-5-3-2-4-6-20/h2-17H,1H3. The molecule has 5 heteroatoms. The Morgan fingerprint density at radius 1 is 0.812 bits per heavy atom. The minimum absolute atomic E-state index is 0.276. The Labute approximate surface area is 184 Å². The summed E-state index contributed by atoms with van der Waals surface area (Å²) in [6, 6.07) is 25.7. The molecule has 0 bridgehead atoms. The van der Waals surface area contributed by atoms with Crippen molar-refractivity contribution in [3.63, 3.8) is 0 Å². The molecule has 0 spiro atoms. The summed E-state index contributed by atoms with van der Waals surface area (Å²) in [7, 11) is 1.36. The normalized spacial score (nSPS) is 10.9. The van der Waals surface area contributed by atoms with Crippen LogP contribution in [0.5, 0.6) is 0 Å². The van der Waals surface area contributed by atoms with Crippen molar-refractivity contribution >= 4 is 11.6 Å². The zero-order valence-corrected chi connectivity index (χ0v) is 17.3. The van der Waals surface area contributed by atoms with Gasteiger partial charge in [-0.05, 0) is 47.0 Å². The van der Waals surface area contributed by atoms with Crippen LogP contribution in [-0.2, 0) is 4.74 Å². The number of esters is 1. The number of aromatic nitrogens is 2. The number of nitrogens with zero attached hydrogens (tertiary/aromatic N) is 2. The number of benzene rings is 3. The number of hydrogen-bond acceptors (Lipinski definition) is 3. The molecule has 3 aromatic carbocycles. The van der Waals surface area contributed by atoms with E-state index in [1.807, 2.05) is 65.3 Å². The molecule has 0 atom stereocenters. The summed E-state index contributed by atoms with van der Waals surface area (Å²) in [6.45, 7) is 0. The van der Waals surface area contributed by atoms with Gasteiger partial charge < -0.3 is 9.14 Å². The number of carbonyl (C=O) groups excluding carboxylic acids is 1. The lowest BCUT2D eigenvalue weighted by molar-refractivity contribution is 0.0601. The third-order valence-electron chi connectivity index (χ3n) is 5.42. The number of imidazole rings is 1. The zero-order valence-electron chi connectivity index (χ0n) is 17.3. The minimum atomic E-state index is -0.381. The maximum atomic E-state index is 13.5. The molecule has 4 nitrogen and oxygen atoms in total. The third-order valence-corrected chi connectivity index (χ3v) is 5.42. The highest BCUT2D eigenvalue weighted by Crippen LogP contribution is 2.32. The van der Waals surface area contributed by atoms with Gasteiger partial charge in [0.2, 0.25) is 0 Å². The number of hydrogen-bond donors (Lipinski definition) is 0. The van der Waals surface area contributed by atoms with Crippen molar-refractivity contribution in [3.05, 3.63) is 109 Å². The number of pyridine rings is 1. The molecular weight excluding hydrogens is 403 g/mol. The summed E-state index contributed by atoms with van der Waals surface area (Å²) in [6.07, 6.45) is 3.98. The van der Waals surface area contributed by atoms with E-state index in [-0.39, 0.29) is 11.8 Å². The Balaban J connectivity index is 1.70. The van der Waals surface area contributed by atoms with Gasteiger partial charge in [0.25, 0.3) is 0 Å². The van der Waals surface area contributed by atoms with Gasteiger partial charge >= 0.3 is 5.97 Å². The summed E-state index contributed by atoms with van der Waals surface area (Å²) < 4.78 is 20.3. The topological polar surface area (TPSA) is 43.6 Å². The molecule has 2 aromatic heterocycles. The molecule has 0 aliphatic carbocycles. The smallest absolute Gasteiger partial charge is 0.337 e. The molecule has 0 amide bonds. The van der Waals surface area contributed by atoms with Gasteiger partial charge in [-0.25, -0.2) is 14.2 Å². The Morgan fingerprint density at radius 3 is 2.19 bits per heavy atom. The first kappa shape index (κ1) is 19.7. The van der Waals surface area contributed by atoms with Gasteiger partial charge in [0.15, 0.2) is 0 Å². The highest BCUT2D eigenvalue weighted by atomic mass is 19.1. The summed E-state index contributed by atoms with van der Waals surface area (Å²) in [5, 5.41) is 0. The van der Waals surface area contributed by atoms with E-state index >= 15 is 0 Å². The molecule has 0 unspecified atom stereocenters. The molecule has 0 fully saturated rings. The Kier molecular flexibility index (Phi) is 5.00. The van der Waals surface area contributed by atoms with Crippen LogP contribution in [0, 0.1) is 5.82 Å². The van der Waals surface area contributed by atoms with Crippen molar-refractivity contribution in [2.24, 2.45) is 0 Å². The van der Waals surface area contributed by atoms with E-state index in [1.165, 1.54) is 19.2 Å². The van der Waals surface area contributed by atoms with Crippen LogP contribution in [0.15, 0.2) is 97.3 Å². The molecule has 0 aliphatic heterocycles. The number of carbonyl (C=O) groups is 1. The SMILES string of the molecule is COC(=O)c1ccc(-c2cc(-c3ccc(F)cc3)cn3cc(-c4ccccc4)nc23)cc1. The number of ether oxygens (including phenoxy) is 1. The van der Waals surface area contributed by atoms with Gasteiger partial charge in [-0.1, -0.05) is 54.6 Å². The molecule has 156 valence electrons. The second-order valence-corrected chi connectivity index (χ2v) is 7.44. The van der Waals surface area contributed by atoms with Crippen LogP contribution >= 0.6 is 0 Å². The Morgan fingerprint density at radius 2 is 1.50 bits per heavy atom. The lowest BCUT2D eigenvalue weighted by Crippen LogP contribution is -2.00. The van der Waals surface area contributed by atoms with Crippen LogP contribution in [0.4, 0.5) is 4.39 Å². The van der Waals surface area contributed by atoms with Crippen molar-refractivity contribution in [2.45, 2.75) is 0 Å². The molecule has 0 radical (unpaired) electrons. The van der Waals surface area contributed by atoms with Crippen LogP contribution in [-0.4, -0.2) is 22.5 Å². The summed E-state index contributed by atoms with van der Waals surface area (Å²) in [4.78, 5) is 16.7. The van der Waals surface area contributed by atoms with Gasteiger partial charge in [-0.2, -0.15) is 0 Å². The first-order chi connectivity index (χ1) is 15.6. The van der Waals surface area contributed by atoms with Crippen molar-refractivity contribution in [1.29, 1.82) is 0 Å². The van der Waals surface area contributed by atoms with Crippen molar-refractivity contribution in [1.82, 2.24) is 9.38 Å². The highest BCUT2D eigenvalue weighted by molar-refractivity contribution is 5.91. The summed E-state index contributed by atoms with van der Waals surface area (Å²) >= 11 is 0. The lowest BCUT2D eigenvalue weighted by atomic mass is 10.0. The first-order valence-electron chi connectivity index (χ1n) is 10.2. The van der Waals surface area contributed by atoms with Crippen LogP contribution in [0.3, 0.4) is 0 Å². The van der Waals surface area contributed by atoms with Gasteiger partial charge in [-0.15, -0.1) is 0 Å². The van der Waals surface area contributed by atoms with Crippen molar-refractivity contribution < 1.29 is 13.9 Å². The number of fused-ring (bicyclic) bond motifs is 1. The highest BCUT2D eigenvalue weighted by Gasteiger charge is 2.14. The second kappa shape index (κ2) is 8.12. The largest absolute Gasteiger partial charge is 0.465 e. The molecule has 2 heterocycles. The van der Waals surface area contributed by atoms with Gasteiger partial charge in [0.05, 0.1) is 18.4 Å². The van der Waals surface area contributed by atoms with E-state index in [0.717, 1.165) is 39.2 Å². The second-order valence-electron chi connectivity index (χ2n) is 7.44. The van der Waals surface area contributed by atoms with Crippen molar-refractivity contribution in [3.8, 4) is 33.5 Å². The average molecular weight is 422 g/mol. The predicted molar refractivity (Wildman–Crippen MR) is 123 cm³/mol. The van der Waals surface area contributed by atoms with E-state index in [1.54, 1.807) is 24.3 Å². The van der Waals surface area contributed by atoms with Crippen LogP contribution in [0.1, 0.15) is 10.4 Å². The molecule has 5 rings (SSSR count). The molecule has 0 aliphatic rings. The molecule has 0 saturated heterocycles. The molecular formula is C27H19FN2O2. The number of halogens is 1. The number of methoxy groups -OCH3 is 1. The van der Waals surface area contributed by atoms with Crippen molar-refractivity contribution in [2.75, 3.05) is 7.11 Å². The third kappa shape index (κ3) is 3.65. The fraction of sp³-hybridized carbons (Fsp3) is 0.0370. The van der Waals surface area contributed by atoms with Gasteiger partial charge in [0, 0.05) is 23.5 Å². The van der Waals surface area contributed by atoms with Crippen LogP contribution < -0.4 is 0 Å². The Bertz CT molecular complexity index is 1410. The van der Waals surface area contributed by atoms with Crippen LogP contribution in [0.2, 0.25) is 0 Å². The fourth-order valence-corrected chi connectivity index (χ4v) is 3.76. The zero-order chi connectivity index (χ0) is 22.1. The maximum absolute atomic E-state index is 13.5. The summed E-state index contributed by atoms with van der Waals surface area (Å²) in [5.74, 6) is -0.656. The van der Waals surface area contributed by atoms with E-state index in [9.17, 15) is 9.18 Å². The maximum Gasteiger partial charge on any atom is 0.337 e. The number of rotatable bonds is 4. The van der Waals surface area contributed by atoms with Gasteiger partial charge in [0.1, 0.15) is 11.5 Å². The monoisotopic (exact) mass is 422 g/mol. The fourth-order valence-electron chi connectivity index (χ4n) is 3.76. The lowest BCUT2D eigenvalue weighted by Gasteiger charge is -2.10. The van der Waals surface area contributed by atoms with E-state index in [0.29, 0.717) is 5.56 Å². The predicted octanol–water partition coefficient (Wildman–Crippen LogP) is 6.26. The molecule has 0 saturated carbocycles. The molecule has 0 N–H and O–H groups in total. The van der Waals surface area contributed by atoms with Crippen LogP contribution in [0.25, 0.3) is 39.2 Å². The van der Waals surface area contributed by atoms with E-state index in [4.69, 9.17) is 9.72 Å². The molecule has 5 aromatic rings. The van der Waals surface area contributed by atoms with E-state index < -0.39 is 0 Å². The average Bonchev–Trinajstić information content (AvgIpc) is 3.28. The summed E-state index contributed by atoms with van der Waals surface area (Å²) in [5.41, 5.74) is 6.80. The van der Waals surface area contributed by atoms with E-state index in [2.05, 4.69) is 0 Å².